The minimum Gasteiger partial charge on any atom is -0.496 e. The minimum absolute atomic E-state index is 0.0166. The van der Waals surface area contributed by atoms with Crippen molar-refractivity contribution in [2.75, 3.05) is 7.11 Å². The van der Waals surface area contributed by atoms with Gasteiger partial charge in [0.2, 0.25) is 0 Å². The first-order chi connectivity index (χ1) is 12.1. The van der Waals surface area contributed by atoms with Crippen LogP contribution in [0.1, 0.15) is 21.5 Å². The fourth-order valence-electron chi connectivity index (χ4n) is 2.19. The number of nitrogens with one attached hydrogen (secondary N) is 1. The molecule has 0 radical (unpaired) electrons. The van der Waals surface area contributed by atoms with Crippen molar-refractivity contribution in [1.29, 1.82) is 0 Å². The van der Waals surface area contributed by atoms with Crippen molar-refractivity contribution in [2.45, 2.75) is 12.1 Å². The Morgan fingerprint density at radius 2 is 1.69 bits per heavy atom. The van der Waals surface area contributed by atoms with E-state index < -0.39 is 33.7 Å². The van der Waals surface area contributed by atoms with Crippen molar-refractivity contribution >= 4 is 15.8 Å². The van der Waals surface area contributed by atoms with Crippen LogP contribution in [0, 0.1) is 5.82 Å². The van der Waals surface area contributed by atoms with E-state index in [9.17, 15) is 30.8 Å². The number of halogens is 4. The molecule has 0 aliphatic heterocycles. The molecule has 1 N–H and O–H groups in total. The predicted octanol–water partition coefficient (Wildman–Crippen LogP) is 3.00. The summed E-state index contributed by atoms with van der Waals surface area (Å²) in [7, 11) is -4.42. The zero-order valence-corrected chi connectivity index (χ0v) is 14.1. The van der Waals surface area contributed by atoms with Crippen LogP contribution in [-0.2, 0) is 16.6 Å². The smallest absolute Gasteiger partial charge is 0.496 e. The molecule has 0 saturated heterocycles. The molecule has 0 aliphatic rings. The number of sulfonamides is 1. The van der Waals surface area contributed by atoms with Gasteiger partial charge in [-0.15, -0.1) is 0 Å². The van der Waals surface area contributed by atoms with Crippen molar-refractivity contribution in [1.82, 2.24) is 4.72 Å². The SMILES string of the molecule is COc1cccc(C(=O)c2ccccc2F)c1CNS(=O)(=O)C(F)(F)F. The molecule has 10 heteroatoms. The molecule has 0 atom stereocenters. The first-order valence-electron chi connectivity index (χ1n) is 7.09. The molecule has 26 heavy (non-hydrogen) atoms. The Morgan fingerprint density at radius 3 is 2.27 bits per heavy atom. The van der Waals surface area contributed by atoms with E-state index in [1.54, 1.807) is 0 Å². The van der Waals surface area contributed by atoms with Crippen LogP contribution in [0.2, 0.25) is 0 Å². The summed E-state index contributed by atoms with van der Waals surface area (Å²) in [6.07, 6.45) is 0. The van der Waals surface area contributed by atoms with Gasteiger partial charge in [0.25, 0.3) is 0 Å². The number of methoxy groups -OCH3 is 1. The Kier molecular flexibility index (Phi) is 5.67. The maximum Gasteiger partial charge on any atom is 0.511 e. The van der Waals surface area contributed by atoms with Gasteiger partial charge in [0, 0.05) is 17.7 Å². The summed E-state index contributed by atoms with van der Waals surface area (Å²) in [5.74, 6) is -1.65. The van der Waals surface area contributed by atoms with E-state index in [4.69, 9.17) is 4.74 Å². The number of carbonyl (C=O) groups is 1. The lowest BCUT2D eigenvalue weighted by molar-refractivity contribution is -0.0448. The van der Waals surface area contributed by atoms with Crippen LogP contribution in [-0.4, -0.2) is 26.8 Å². The highest BCUT2D eigenvalue weighted by Crippen LogP contribution is 2.27. The Labute approximate surface area is 146 Å². The fraction of sp³-hybridized carbons (Fsp3) is 0.188. The fourth-order valence-corrected chi connectivity index (χ4v) is 2.69. The summed E-state index contributed by atoms with van der Waals surface area (Å²) in [6, 6.07) is 9.03. The Hall–Kier alpha value is -2.46. The number of alkyl halides is 3. The average Bonchev–Trinajstić information content (AvgIpc) is 2.58. The molecular formula is C16H13F4NO4S. The van der Waals surface area contributed by atoms with E-state index in [0.29, 0.717) is 0 Å². The number of rotatable bonds is 6. The molecule has 2 aromatic carbocycles. The number of hydrogen-bond acceptors (Lipinski definition) is 4. The van der Waals surface area contributed by atoms with Crippen LogP contribution in [0.3, 0.4) is 0 Å². The van der Waals surface area contributed by atoms with Crippen molar-refractivity contribution in [3.05, 3.63) is 65.0 Å². The maximum atomic E-state index is 13.9. The summed E-state index contributed by atoms with van der Waals surface area (Å²) in [6.45, 7) is -0.860. The predicted molar refractivity (Wildman–Crippen MR) is 84.6 cm³/mol. The zero-order chi connectivity index (χ0) is 19.5. The summed E-state index contributed by atoms with van der Waals surface area (Å²) < 4.78 is 80.1. The molecule has 5 nitrogen and oxygen atoms in total. The summed E-state index contributed by atoms with van der Waals surface area (Å²) in [5.41, 5.74) is -6.14. The van der Waals surface area contributed by atoms with Crippen molar-refractivity contribution in [3.8, 4) is 5.75 Å². The van der Waals surface area contributed by atoms with Crippen molar-refractivity contribution in [3.63, 3.8) is 0 Å². The number of ketones is 1. The lowest BCUT2D eigenvalue weighted by Crippen LogP contribution is -2.36. The molecule has 0 amide bonds. The molecule has 0 spiro atoms. The zero-order valence-electron chi connectivity index (χ0n) is 13.3. The quantitative estimate of drug-likeness (QED) is 0.607. The molecule has 0 bridgehead atoms. The second kappa shape index (κ2) is 7.42. The van der Waals surface area contributed by atoms with Gasteiger partial charge < -0.3 is 4.74 Å². The van der Waals surface area contributed by atoms with E-state index in [0.717, 1.165) is 6.07 Å². The van der Waals surface area contributed by atoms with Crippen LogP contribution < -0.4 is 9.46 Å². The first-order valence-corrected chi connectivity index (χ1v) is 8.58. The maximum absolute atomic E-state index is 13.9. The van der Waals surface area contributed by atoms with Crippen LogP contribution in [0.15, 0.2) is 42.5 Å². The molecule has 0 aliphatic carbocycles. The summed E-state index contributed by atoms with van der Waals surface area (Å²) >= 11 is 0. The van der Waals surface area contributed by atoms with Gasteiger partial charge in [-0.05, 0) is 18.2 Å². The second-order valence-corrected chi connectivity index (χ2v) is 6.82. The third kappa shape index (κ3) is 4.02. The van der Waals surface area contributed by atoms with E-state index in [-0.39, 0.29) is 22.4 Å². The Morgan fingerprint density at radius 1 is 1.08 bits per heavy atom. The monoisotopic (exact) mass is 391 g/mol. The number of hydrogen-bond donors (Lipinski definition) is 1. The third-order valence-corrected chi connectivity index (χ3v) is 4.59. The Bertz CT molecular complexity index is 926. The molecule has 0 heterocycles. The van der Waals surface area contributed by atoms with Crippen LogP contribution in [0.25, 0.3) is 0 Å². The van der Waals surface area contributed by atoms with Crippen LogP contribution >= 0.6 is 0 Å². The van der Waals surface area contributed by atoms with E-state index >= 15 is 0 Å². The highest BCUT2D eigenvalue weighted by Gasteiger charge is 2.45. The van der Waals surface area contributed by atoms with Crippen LogP contribution in [0.5, 0.6) is 5.75 Å². The average molecular weight is 391 g/mol. The molecule has 0 unspecified atom stereocenters. The highest BCUT2D eigenvalue weighted by molar-refractivity contribution is 7.90. The van der Waals surface area contributed by atoms with E-state index in [1.165, 1.54) is 48.2 Å². The number of benzene rings is 2. The largest absolute Gasteiger partial charge is 0.511 e. The molecule has 0 aromatic heterocycles. The van der Waals surface area contributed by atoms with E-state index in [1.807, 2.05) is 0 Å². The minimum atomic E-state index is -5.63. The summed E-state index contributed by atoms with van der Waals surface area (Å²) in [5, 5.41) is 0. The van der Waals surface area contributed by atoms with Crippen molar-refractivity contribution < 1.29 is 35.5 Å². The second-order valence-electron chi connectivity index (χ2n) is 5.07. The molecular weight excluding hydrogens is 378 g/mol. The standard InChI is InChI=1S/C16H13F4NO4S/c1-25-14-8-4-6-10(15(22)11-5-2-3-7-13(11)17)12(14)9-21-26(23,24)16(18,19)20/h2-8,21H,9H2,1H3. The first kappa shape index (κ1) is 19.9. The van der Waals surface area contributed by atoms with Gasteiger partial charge in [-0.1, -0.05) is 24.3 Å². The van der Waals surface area contributed by atoms with Crippen molar-refractivity contribution in [2.24, 2.45) is 0 Å². The van der Waals surface area contributed by atoms with Gasteiger partial charge in [0.05, 0.1) is 12.7 Å². The van der Waals surface area contributed by atoms with Gasteiger partial charge in [0.15, 0.2) is 5.78 Å². The van der Waals surface area contributed by atoms with Gasteiger partial charge in [-0.2, -0.15) is 13.2 Å². The highest BCUT2D eigenvalue weighted by atomic mass is 32.2. The normalized spacial score (nSPS) is 12.0. The van der Waals surface area contributed by atoms with Gasteiger partial charge in [-0.3, -0.25) is 4.79 Å². The molecule has 2 rings (SSSR count). The van der Waals surface area contributed by atoms with Gasteiger partial charge in [-0.25, -0.2) is 17.5 Å². The summed E-state index contributed by atoms with van der Waals surface area (Å²) in [4.78, 5) is 12.6. The van der Waals surface area contributed by atoms with E-state index in [2.05, 4.69) is 0 Å². The molecule has 140 valence electrons. The molecule has 0 fully saturated rings. The molecule has 2 aromatic rings. The number of ether oxygens (including phenoxy) is 1. The van der Waals surface area contributed by atoms with Gasteiger partial charge >= 0.3 is 15.5 Å². The van der Waals surface area contributed by atoms with Crippen LogP contribution in [0.4, 0.5) is 17.6 Å². The van der Waals surface area contributed by atoms with Gasteiger partial charge in [0.1, 0.15) is 11.6 Å². The topological polar surface area (TPSA) is 72.5 Å². The lowest BCUT2D eigenvalue weighted by atomic mass is 9.97. The number of carbonyl (C=O) groups excluding carboxylic acids is 1. The molecule has 0 saturated carbocycles. The Balaban J connectivity index is 2.46. The third-order valence-electron chi connectivity index (χ3n) is 3.46. The lowest BCUT2D eigenvalue weighted by Gasteiger charge is -2.15.